The number of rotatable bonds is 5. The van der Waals surface area contributed by atoms with E-state index in [0.29, 0.717) is 18.8 Å². The van der Waals surface area contributed by atoms with Crippen LogP contribution in [0.15, 0.2) is 35.9 Å². The molecule has 0 unspecified atom stereocenters. The predicted octanol–water partition coefficient (Wildman–Crippen LogP) is 1.26. The zero-order chi connectivity index (χ0) is 16.1. The van der Waals surface area contributed by atoms with Gasteiger partial charge in [0.1, 0.15) is 5.75 Å². The second-order valence-electron chi connectivity index (χ2n) is 5.65. The third-order valence-electron chi connectivity index (χ3n) is 4.04. The topological polar surface area (TPSA) is 70.7 Å². The molecule has 0 atom stereocenters. The van der Waals surface area contributed by atoms with Crippen LogP contribution in [0.25, 0.3) is 0 Å². The highest BCUT2D eigenvalue weighted by Gasteiger charge is 2.25. The van der Waals surface area contributed by atoms with E-state index in [4.69, 9.17) is 4.74 Å². The van der Waals surface area contributed by atoms with E-state index in [-0.39, 0.29) is 37.2 Å². The van der Waals surface area contributed by atoms with Crippen LogP contribution in [0.3, 0.4) is 0 Å². The summed E-state index contributed by atoms with van der Waals surface area (Å²) in [6.07, 6.45) is 3.37. The van der Waals surface area contributed by atoms with Crippen molar-refractivity contribution in [2.75, 3.05) is 37.7 Å². The minimum atomic E-state index is -0.113. The van der Waals surface area contributed by atoms with Gasteiger partial charge < -0.3 is 20.3 Å². The van der Waals surface area contributed by atoms with Gasteiger partial charge in [-0.15, -0.1) is 12.4 Å². The van der Waals surface area contributed by atoms with E-state index in [9.17, 15) is 9.59 Å². The molecule has 0 aliphatic carbocycles. The number of hydrogen-bond acceptors (Lipinski definition) is 4. The molecular weight excluding hydrogens is 330 g/mol. The number of nitrogens with zero attached hydrogens (tertiary/aromatic N) is 1. The molecule has 2 heterocycles. The van der Waals surface area contributed by atoms with Crippen molar-refractivity contribution in [2.24, 2.45) is 0 Å². The van der Waals surface area contributed by atoms with Crippen LogP contribution in [-0.4, -0.2) is 44.6 Å². The van der Waals surface area contributed by atoms with Crippen LogP contribution in [0.2, 0.25) is 0 Å². The Balaban J connectivity index is 0.00000208. The second-order valence-corrected chi connectivity index (χ2v) is 5.65. The van der Waals surface area contributed by atoms with Gasteiger partial charge in [0.15, 0.2) is 6.61 Å². The summed E-state index contributed by atoms with van der Waals surface area (Å²) < 4.78 is 5.39. The minimum absolute atomic E-state index is 0. The monoisotopic (exact) mass is 351 g/mol. The molecule has 0 fully saturated rings. The van der Waals surface area contributed by atoms with Gasteiger partial charge in [-0.05, 0) is 25.1 Å². The fourth-order valence-corrected chi connectivity index (χ4v) is 2.74. The number of benzene rings is 1. The maximum atomic E-state index is 12.0. The van der Waals surface area contributed by atoms with E-state index in [1.165, 1.54) is 5.57 Å². The highest BCUT2D eigenvalue weighted by Crippen LogP contribution is 2.31. The normalized spacial score (nSPS) is 16.4. The Morgan fingerprint density at radius 2 is 2.17 bits per heavy atom. The van der Waals surface area contributed by atoms with Crippen LogP contribution in [0.1, 0.15) is 12.8 Å². The first-order chi connectivity index (χ1) is 11.2. The molecule has 0 radical (unpaired) electrons. The van der Waals surface area contributed by atoms with Crippen molar-refractivity contribution >= 4 is 29.9 Å². The highest BCUT2D eigenvalue weighted by atomic mass is 35.5. The molecule has 2 aliphatic rings. The summed E-state index contributed by atoms with van der Waals surface area (Å²) in [6.45, 7) is 2.81. The zero-order valence-electron chi connectivity index (χ0n) is 13.4. The van der Waals surface area contributed by atoms with Crippen molar-refractivity contribution in [3.63, 3.8) is 0 Å². The Morgan fingerprint density at radius 3 is 2.96 bits per heavy atom. The molecule has 2 N–H and O–H groups in total. The first-order valence-electron chi connectivity index (χ1n) is 7.91. The molecular formula is C17H22ClN3O3. The third kappa shape index (κ3) is 4.49. The standard InChI is InChI=1S/C17H21N3O3.ClH/c21-16(19-11-13-5-8-18-9-6-13)7-10-20-14-3-1-2-4-15(14)23-12-17(20)22;/h1-5,18H,6-12H2,(H,19,21);1H. The predicted molar refractivity (Wildman–Crippen MR) is 94.7 cm³/mol. The van der Waals surface area contributed by atoms with Gasteiger partial charge in [-0.1, -0.05) is 23.8 Å². The van der Waals surface area contributed by atoms with Crippen LogP contribution < -0.4 is 20.3 Å². The lowest BCUT2D eigenvalue weighted by Gasteiger charge is -2.29. The van der Waals surface area contributed by atoms with E-state index >= 15 is 0 Å². The van der Waals surface area contributed by atoms with Gasteiger partial charge in [0, 0.05) is 26.1 Å². The number of amides is 2. The molecule has 7 heteroatoms. The molecule has 130 valence electrons. The average molecular weight is 352 g/mol. The smallest absolute Gasteiger partial charge is 0.265 e. The number of ether oxygens (including phenoxy) is 1. The summed E-state index contributed by atoms with van der Waals surface area (Å²) >= 11 is 0. The van der Waals surface area contributed by atoms with E-state index in [0.717, 1.165) is 25.2 Å². The summed E-state index contributed by atoms with van der Waals surface area (Å²) in [5, 5.41) is 6.17. The van der Waals surface area contributed by atoms with Gasteiger partial charge >= 0.3 is 0 Å². The van der Waals surface area contributed by atoms with Crippen molar-refractivity contribution in [1.82, 2.24) is 10.6 Å². The van der Waals surface area contributed by atoms with Crippen LogP contribution in [0, 0.1) is 0 Å². The minimum Gasteiger partial charge on any atom is -0.482 e. The fraction of sp³-hybridized carbons (Fsp3) is 0.412. The van der Waals surface area contributed by atoms with Crippen LogP contribution in [-0.2, 0) is 9.59 Å². The second kappa shape index (κ2) is 8.70. The molecule has 3 rings (SSSR count). The van der Waals surface area contributed by atoms with Crippen molar-refractivity contribution in [2.45, 2.75) is 12.8 Å². The number of hydrogen-bond donors (Lipinski definition) is 2. The zero-order valence-corrected chi connectivity index (χ0v) is 14.2. The molecule has 6 nitrogen and oxygen atoms in total. The largest absolute Gasteiger partial charge is 0.482 e. The number of para-hydroxylation sites is 2. The van der Waals surface area contributed by atoms with E-state index in [1.807, 2.05) is 24.3 Å². The lowest BCUT2D eigenvalue weighted by molar-refractivity contribution is -0.122. The van der Waals surface area contributed by atoms with Crippen molar-refractivity contribution < 1.29 is 14.3 Å². The number of fused-ring (bicyclic) bond motifs is 1. The van der Waals surface area contributed by atoms with Crippen LogP contribution in [0.5, 0.6) is 5.75 Å². The van der Waals surface area contributed by atoms with Crippen molar-refractivity contribution in [3.05, 3.63) is 35.9 Å². The lowest BCUT2D eigenvalue weighted by atomic mass is 10.1. The van der Waals surface area contributed by atoms with Crippen molar-refractivity contribution in [3.8, 4) is 5.75 Å². The molecule has 1 aromatic rings. The van der Waals surface area contributed by atoms with Crippen LogP contribution >= 0.6 is 12.4 Å². The maximum Gasteiger partial charge on any atom is 0.265 e. The molecule has 0 saturated carbocycles. The molecule has 2 aliphatic heterocycles. The highest BCUT2D eigenvalue weighted by molar-refractivity contribution is 5.98. The Morgan fingerprint density at radius 1 is 1.33 bits per heavy atom. The van der Waals surface area contributed by atoms with Gasteiger partial charge in [-0.3, -0.25) is 9.59 Å². The average Bonchev–Trinajstić information content (AvgIpc) is 2.60. The molecule has 2 amide bonds. The molecule has 0 aromatic heterocycles. The Hall–Kier alpha value is -2.05. The summed E-state index contributed by atoms with van der Waals surface area (Å²) in [5.41, 5.74) is 1.99. The summed E-state index contributed by atoms with van der Waals surface area (Å²) in [4.78, 5) is 25.7. The lowest BCUT2D eigenvalue weighted by Crippen LogP contribution is -2.41. The first-order valence-corrected chi connectivity index (χ1v) is 7.91. The molecule has 1 aromatic carbocycles. The molecule has 24 heavy (non-hydrogen) atoms. The number of anilines is 1. The van der Waals surface area contributed by atoms with Gasteiger partial charge in [0.25, 0.3) is 5.91 Å². The number of halogens is 1. The Kier molecular flexibility index (Phi) is 6.63. The molecule has 0 spiro atoms. The summed E-state index contributed by atoms with van der Waals surface area (Å²) in [7, 11) is 0. The fourth-order valence-electron chi connectivity index (χ4n) is 2.74. The first kappa shape index (κ1) is 18.3. The van der Waals surface area contributed by atoms with E-state index in [2.05, 4.69) is 16.7 Å². The van der Waals surface area contributed by atoms with E-state index in [1.54, 1.807) is 4.90 Å². The summed E-state index contributed by atoms with van der Waals surface area (Å²) in [6, 6.07) is 7.40. The Bertz CT molecular complexity index is 633. The SMILES string of the molecule is Cl.O=C(CCN1C(=O)COc2ccccc21)NCC1=CCNCC1. The van der Waals surface area contributed by atoms with Crippen molar-refractivity contribution in [1.29, 1.82) is 0 Å². The Labute approximate surface area is 147 Å². The van der Waals surface area contributed by atoms with Gasteiger partial charge in [-0.25, -0.2) is 0 Å². The van der Waals surface area contributed by atoms with E-state index < -0.39 is 0 Å². The number of carbonyl (C=O) groups excluding carboxylic acids is 2. The summed E-state index contributed by atoms with van der Waals surface area (Å²) in [5.74, 6) is 0.533. The van der Waals surface area contributed by atoms with Gasteiger partial charge in [0.05, 0.1) is 5.69 Å². The number of carbonyl (C=O) groups is 2. The van der Waals surface area contributed by atoms with Gasteiger partial charge in [-0.2, -0.15) is 0 Å². The number of nitrogens with one attached hydrogen (secondary N) is 2. The molecule has 0 bridgehead atoms. The maximum absolute atomic E-state index is 12.0. The third-order valence-corrected chi connectivity index (χ3v) is 4.04. The molecule has 0 saturated heterocycles. The van der Waals surface area contributed by atoms with Crippen LogP contribution in [0.4, 0.5) is 5.69 Å². The quantitative estimate of drug-likeness (QED) is 0.783. The van der Waals surface area contributed by atoms with Gasteiger partial charge in [0.2, 0.25) is 5.91 Å².